The van der Waals surface area contributed by atoms with Crippen molar-refractivity contribution >= 4 is 17.2 Å². The van der Waals surface area contributed by atoms with E-state index in [4.69, 9.17) is 0 Å². The van der Waals surface area contributed by atoms with Crippen molar-refractivity contribution in [2.45, 2.75) is 51.9 Å². The lowest BCUT2D eigenvalue weighted by atomic mass is 9.45. The van der Waals surface area contributed by atoms with Gasteiger partial charge in [-0.25, -0.2) is 4.98 Å². The Kier molecular flexibility index (Phi) is 4.42. The molecule has 0 aromatic carbocycles. The lowest BCUT2D eigenvalue weighted by molar-refractivity contribution is -0.103. The van der Waals surface area contributed by atoms with Crippen LogP contribution in [0.4, 0.5) is 0 Å². The SMILES string of the molecule is CC1(C)C2CCC(CNC(=O)c3csc(C4CCNCC4)n3)C1C2. The summed E-state index contributed by atoms with van der Waals surface area (Å²) in [7, 11) is 0. The average Bonchev–Trinajstić information content (AvgIpc) is 3.10. The second-order valence-corrected chi connectivity index (χ2v) is 9.39. The number of nitrogens with zero attached hydrogens (tertiary/aromatic N) is 1. The van der Waals surface area contributed by atoms with Crippen molar-refractivity contribution in [3.05, 3.63) is 16.1 Å². The molecule has 132 valence electrons. The first-order valence-corrected chi connectivity index (χ1v) is 10.4. The van der Waals surface area contributed by atoms with E-state index < -0.39 is 0 Å². The van der Waals surface area contributed by atoms with Crippen molar-refractivity contribution in [1.82, 2.24) is 15.6 Å². The summed E-state index contributed by atoms with van der Waals surface area (Å²) in [6.45, 7) is 7.76. The highest BCUT2D eigenvalue weighted by Gasteiger charge is 2.53. The second kappa shape index (κ2) is 6.41. The maximum atomic E-state index is 12.5. The van der Waals surface area contributed by atoms with E-state index in [1.165, 1.54) is 19.3 Å². The summed E-state index contributed by atoms with van der Waals surface area (Å²) in [5, 5.41) is 9.64. The zero-order valence-electron chi connectivity index (χ0n) is 14.8. The minimum atomic E-state index is 0.0192. The molecule has 3 saturated carbocycles. The topological polar surface area (TPSA) is 54.0 Å². The van der Waals surface area contributed by atoms with Gasteiger partial charge in [0, 0.05) is 17.8 Å². The van der Waals surface area contributed by atoms with Crippen LogP contribution in [0.25, 0.3) is 0 Å². The molecule has 0 spiro atoms. The molecule has 1 aliphatic heterocycles. The zero-order chi connectivity index (χ0) is 16.7. The Bertz CT molecular complexity index is 604. The van der Waals surface area contributed by atoms with Gasteiger partial charge in [0.2, 0.25) is 0 Å². The largest absolute Gasteiger partial charge is 0.350 e. The summed E-state index contributed by atoms with van der Waals surface area (Å²) in [5.74, 6) is 2.91. The first-order chi connectivity index (χ1) is 11.6. The third-order valence-corrected chi connectivity index (χ3v) is 7.98. The molecule has 2 N–H and O–H groups in total. The van der Waals surface area contributed by atoms with E-state index >= 15 is 0 Å². The highest BCUT2D eigenvalue weighted by atomic mass is 32.1. The summed E-state index contributed by atoms with van der Waals surface area (Å²) in [5.41, 5.74) is 1.10. The van der Waals surface area contributed by atoms with E-state index in [2.05, 4.69) is 29.5 Å². The van der Waals surface area contributed by atoms with E-state index in [1.54, 1.807) is 11.3 Å². The highest BCUT2D eigenvalue weighted by molar-refractivity contribution is 7.09. The molecular weight excluding hydrogens is 318 g/mol. The first kappa shape index (κ1) is 16.5. The Morgan fingerprint density at radius 1 is 1.33 bits per heavy atom. The van der Waals surface area contributed by atoms with Gasteiger partial charge in [0.15, 0.2) is 0 Å². The standard InChI is InChI=1S/C19H29N3OS/c1-19(2)14-4-3-13(15(19)9-14)10-21-17(23)16-11-24-18(22-16)12-5-7-20-8-6-12/h11-15,20H,3-10H2,1-2H3,(H,21,23). The fourth-order valence-electron chi connectivity index (χ4n) is 5.17. The average molecular weight is 348 g/mol. The van der Waals surface area contributed by atoms with Crippen molar-refractivity contribution in [1.29, 1.82) is 0 Å². The lowest BCUT2D eigenvalue weighted by Crippen LogP contribution is -2.54. The molecule has 1 saturated heterocycles. The van der Waals surface area contributed by atoms with Crippen LogP contribution in [0, 0.1) is 23.2 Å². The van der Waals surface area contributed by atoms with Gasteiger partial charge in [-0.2, -0.15) is 0 Å². The fraction of sp³-hybridized carbons (Fsp3) is 0.789. The number of amides is 1. The van der Waals surface area contributed by atoms with Gasteiger partial charge in [-0.05, 0) is 68.4 Å². The number of rotatable bonds is 4. The molecule has 3 atom stereocenters. The van der Waals surface area contributed by atoms with Crippen LogP contribution in [0.15, 0.2) is 5.38 Å². The number of thiazole rings is 1. The summed E-state index contributed by atoms with van der Waals surface area (Å²) >= 11 is 1.65. The van der Waals surface area contributed by atoms with Crippen molar-refractivity contribution in [3.8, 4) is 0 Å². The van der Waals surface area contributed by atoms with Crippen LogP contribution < -0.4 is 10.6 Å². The molecule has 5 rings (SSSR count). The van der Waals surface area contributed by atoms with E-state index in [9.17, 15) is 4.79 Å². The number of carbonyl (C=O) groups excluding carboxylic acids is 1. The lowest BCUT2D eigenvalue weighted by Gasteiger charge is -2.60. The summed E-state index contributed by atoms with van der Waals surface area (Å²) < 4.78 is 0. The van der Waals surface area contributed by atoms with Gasteiger partial charge in [0.05, 0.1) is 5.01 Å². The highest BCUT2D eigenvalue weighted by Crippen LogP contribution is 2.61. The van der Waals surface area contributed by atoms with Gasteiger partial charge in [-0.15, -0.1) is 11.3 Å². The van der Waals surface area contributed by atoms with Crippen molar-refractivity contribution in [2.75, 3.05) is 19.6 Å². The smallest absolute Gasteiger partial charge is 0.270 e. The van der Waals surface area contributed by atoms with E-state index in [-0.39, 0.29) is 5.91 Å². The number of piperidine rings is 1. The molecule has 1 aromatic rings. The Morgan fingerprint density at radius 2 is 2.12 bits per heavy atom. The molecule has 1 amide bonds. The van der Waals surface area contributed by atoms with Gasteiger partial charge >= 0.3 is 0 Å². The number of nitrogens with one attached hydrogen (secondary N) is 2. The van der Waals surface area contributed by atoms with E-state index in [0.29, 0.717) is 22.9 Å². The van der Waals surface area contributed by atoms with Crippen molar-refractivity contribution < 1.29 is 4.79 Å². The van der Waals surface area contributed by atoms with Gasteiger partial charge in [0.1, 0.15) is 5.69 Å². The molecule has 5 heteroatoms. The van der Waals surface area contributed by atoms with Crippen LogP contribution in [-0.4, -0.2) is 30.5 Å². The van der Waals surface area contributed by atoms with Gasteiger partial charge in [-0.3, -0.25) is 4.79 Å². The molecule has 24 heavy (non-hydrogen) atoms. The Labute approximate surface area is 148 Å². The van der Waals surface area contributed by atoms with Crippen LogP contribution in [0.5, 0.6) is 0 Å². The normalized spacial score (nSPS) is 32.2. The molecule has 3 aliphatic carbocycles. The molecular formula is C19H29N3OS. The van der Waals surface area contributed by atoms with Crippen LogP contribution in [0.2, 0.25) is 0 Å². The molecule has 2 bridgehead atoms. The van der Waals surface area contributed by atoms with Crippen LogP contribution in [0.3, 0.4) is 0 Å². The first-order valence-electron chi connectivity index (χ1n) is 9.50. The van der Waals surface area contributed by atoms with Gasteiger partial charge < -0.3 is 10.6 Å². The zero-order valence-corrected chi connectivity index (χ0v) is 15.6. The van der Waals surface area contributed by atoms with E-state index in [0.717, 1.165) is 49.3 Å². The Balaban J connectivity index is 1.32. The summed E-state index contributed by atoms with van der Waals surface area (Å²) in [6, 6.07) is 0. The molecule has 3 unspecified atom stereocenters. The Morgan fingerprint density at radius 3 is 2.83 bits per heavy atom. The third-order valence-electron chi connectivity index (χ3n) is 6.97. The predicted octanol–water partition coefficient (Wildman–Crippen LogP) is 3.41. The minimum absolute atomic E-state index is 0.0192. The maximum absolute atomic E-state index is 12.5. The fourth-order valence-corrected chi connectivity index (χ4v) is 6.14. The van der Waals surface area contributed by atoms with Crippen molar-refractivity contribution in [2.24, 2.45) is 23.2 Å². The predicted molar refractivity (Wildman–Crippen MR) is 97.4 cm³/mol. The van der Waals surface area contributed by atoms with Crippen LogP contribution in [0.1, 0.15) is 67.4 Å². The van der Waals surface area contributed by atoms with Crippen LogP contribution in [-0.2, 0) is 0 Å². The van der Waals surface area contributed by atoms with Gasteiger partial charge in [-0.1, -0.05) is 13.8 Å². The molecule has 0 radical (unpaired) electrons. The Hall–Kier alpha value is -0.940. The molecule has 2 heterocycles. The molecule has 1 aromatic heterocycles. The van der Waals surface area contributed by atoms with Crippen molar-refractivity contribution in [3.63, 3.8) is 0 Å². The van der Waals surface area contributed by atoms with Crippen LogP contribution >= 0.6 is 11.3 Å². The number of carbonyl (C=O) groups is 1. The number of hydrogen-bond donors (Lipinski definition) is 2. The van der Waals surface area contributed by atoms with E-state index in [1.807, 2.05) is 5.38 Å². The quantitative estimate of drug-likeness (QED) is 0.877. The molecule has 4 nitrogen and oxygen atoms in total. The molecule has 4 fully saturated rings. The number of aromatic nitrogens is 1. The number of fused-ring (bicyclic) bond motifs is 2. The molecule has 4 aliphatic rings. The third kappa shape index (κ3) is 2.90. The van der Waals surface area contributed by atoms with Gasteiger partial charge in [0.25, 0.3) is 5.91 Å². The summed E-state index contributed by atoms with van der Waals surface area (Å²) in [6.07, 6.45) is 6.24. The monoisotopic (exact) mass is 347 g/mol. The number of hydrogen-bond acceptors (Lipinski definition) is 4. The second-order valence-electron chi connectivity index (χ2n) is 8.50. The minimum Gasteiger partial charge on any atom is -0.350 e. The summed E-state index contributed by atoms with van der Waals surface area (Å²) in [4.78, 5) is 17.1. The maximum Gasteiger partial charge on any atom is 0.270 e.